The Morgan fingerprint density at radius 1 is 1.56 bits per heavy atom. The van der Waals surface area contributed by atoms with Crippen LogP contribution in [0.15, 0.2) is 18.2 Å². The predicted molar refractivity (Wildman–Crippen MR) is 69.6 cm³/mol. The van der Waals surface area contributed by atoms with Gasteiger partial charge in [-0.05, 0) is 31.5 Å². The standard InChI is InChI=1S/C13H18FN3O/c1-8-11(5-6-18-8)17(2)12-4-3-9(14)7-10(12)13(15)16/h3-4,7-8,11H,5-6H2,1-2H3,(H3,15,16). The van der Waals surface area contributed by atoms with Crippen LogP contribution >= 0.6 is 0 Å². The Morgan fingerprint density at radius 2 is 2.28 bits per heavy atom. The number of nitrogen functional groups attached to an aromatic ring is 1. The fourth-order valence-electron chi connectivity index (χ4n) is 2.44. The van der Waals surface area contributed by atoms with Gasteiger partial charge in [-0.15, -0.1) is 0 Å². The largest absolute Gasteiger partial charge is 0.384 e. The zero-order chi connectivity index (χ0) is 13.3. The number of hydrogen-bond donors (Lipinski definition) is 2. The number of anilines is 1. The Labute approximate surface area is 106 Å². The van der Waals surface area contributed by atoms with Crippen LogP contribution in [0.1, 0.15) is 18.9 Å². The van der Waals surface area contributed by atoms with Gasteiger partial charge in [-0.2, -0.15) is 0 Å². The summed E-state index contributed by atoms with van der Waals surface area (Å²) in [5, 5.41) is 7.54. The molecule has 98 valence electrons. The van der Waals surface area contributed by atoms with Crippen LogP contribution in [-0.2, 0) is 4.74 Å². The van der Waals surface area contributed by atoms with Crippen LogP contribution in [0.4, 0.5) is 10.1 Å². The summed E-state index contributed by atoms with van der Waals surface area (Å²) in [6.45, 7) is 2.75. The van der Waals surface area contributed by atoms with Gasteiger partial charge in [0.25, 0.3) is 0 Å². The molecule has 1 aromatic carbocycles. The quantitative estimate of drug-likeness (QED) is 0.635. The zero-order valence-electron chi connectivity index (χ0n) is 10.6. The summed E-state index contributed by atoms with van der Waals surface area (Å²) in [6, 6.07) is 4.58. The summed E-state index contributed by atoms with van der Waals surface area (Å²) in [7, 11) is 1.93. The van der Waals surface area contributed by atoms with Crippen molar-refractivity contribution in [2.45, 2.75) is 25.5 Å². The van der Waals surface area contributed by atoms with Gasteiger partial charge in [-0.25, -0.2) is 4.39 Å². The average Bonchev–Trinajstić information content (AvgIpc) is 2.74. The molecule has 1 heterocycles. The minimum absolute atomic E-state index is 0.122. The Morgan fingerprint density at radius 3 is 2.83 bits per heavy atom. The molecule has 0 spiro atoms. The van der Waals surface area contributed by atoms with Crippen molar-refractivity contribution in [3.63, 3.8) is 0 Å². The van der Waals surface area contributed by atoms with Crippen molar-refractivity contribution in [1.82, 2.24) is 0 Å². The lowest BCUT2D eigenvalue weighted by Crippen LogP contribution is -2.38. The molecule has 0 aliphatic carbocycles. The van der Waals surface area contributed by atoms with Crippen LogP contribution in [0.2, 0.25) is 0 Å². The van der Waals surface area contributed by atoms with Crippen molar-refractivity contribution in [1.29, 1.82) is 5.41 Å². The monoisotopic (exact) mass is 251 g/mol. The summed E-state index contributed by atoms with van der Waals surface area (Å²) < 4.78 is 18.8. The number of likely N-dealkylation sites (N-methyl/N-ethyl adjacent to an activating group) is 1. The van der Waals surface area contributed by atoms with E-state index in [0.717, 1.165) is 18.7 Å². The van der Waals surface area contributed by atoms with E-state index in [1.54, 1.807) is 6.07 Å². The lowest BCUT2D eigenvalue weighted by Gasteiger charge is -2.30. The molecule has 0 aromatic heterocycles. The van der Waals surface area contributed by atoms with Gasteiger partial charge in [0.05, 0.1) is 12.1 Å². The molecule has 1 aliphatic heterocycles. The molecule has 2 atom stereocenters. The van der Waals surface area contributed by atoms with Gasteiger partial charge in [-0.1, -0.05) is 0 Å². The van der Waals surface area contributed by atoms with Gasteiger partial charge in [0.2, 0.25) is 0 Å². The minimum atomic E-state index is -0.381. The SMILES string of the molecule is CC1OCCC1N(C)c1ccc(F)cc1C(=N)N. The van der Waals surface area contributed by atoms with Crippen molar-refractivity contribution < 1.29 is 9.13 Å². The maximum atomic E-state index is 13.2. The number of nitrogens with one attached hydrogen (secondary N) is 1. The first-order valence-electron chi connectivity index (χ1n) is 5.99. The molecule has 2 rings (SSSR count). The number of rotatable bonds is 3. The van der Waals surface area contributed by atoms with E-state index in [0.29, 0.717) is 5.56 Å². The molecule has 4 nitrogen and oxygen atoms in total. The van der Waals surface area contributed by atoms with Crippen molar-refractivity contribution in [3.8, 4) is 0 Å². The third-order valence-electron chi connectivity index (χ3n) is 3.46. The van der Waals surface area contributed by atoms with Gasteiger partial charge in [0.15, 0.2) is 0 Å². The minimum Gasteiger partial charge on any atom is -0.384 e. The van der Waals surface area contributed by atoms with E-state index in [1.807, 2.05) is 18.9 Å². The predicted octanol–water partition coefficient (Wildman–Crippen LogP) is 1.72. The first-order valence-corrected chi connectivity index (χ1v) is 5.99. The molecule has 0 bridgehead atoms. The first kappa shape index (κ1) is 12.8. The number of hydrogen-bond acceptors (Lipinski definition) is 3. The van der Waals surface area contributed by atoms with E-state index in [1.165, 1.54) is 12.1 Å². The van der Waals surface area contributed by atoms with E-state index < -0.39 is 0 Å². The summed E-state index contributed by atoms with van der Waals surface area (Å²) >= 11 is 0. The van der Waals surface area contributed by atoms with E-state index in [-0.39, 0.29) is 23.8 Å². The fraction of sp³-hybridized carbons (Fsp3) is 0.462. The number of benzene rings is 1. The molecule has 0 saturated carbocycles. The average molecular weight is 251 g/mol. The second-order valence-electron chi connectivity index (χ2n) is 4.62. The van der Waals surface area contributed by atoms with Crippen LogP contribution in [0.3, 0.4) is 0 Å². The molecule has 5 heteroatoms. The molecule has 1 aromatic rings. The third-order valence-corrected chi connectivity index (χ3v) is 3.46. The van der Waals surface area contributed by atoms with Crippen LogP contribution in [-0.4, -0.2) is 31.6 Å². The highest BCUT2D eigenvalue weighted by molar-refractivity contribution is 6.00. The van der Waals surface area contributed by atoms with Gasteiger partial charge in [0, 0.05) is 24.9 Å². The molecular formula is C13H18FN3O. The molecule has 3 N–H and O–H groups in total. The lowest BCUT2D eigenvalue weighted by atomic mass is 10.1. The van der Waals surface area contributed by atoms with Crippen LogP contribution in [0.5, 0.6) is 0 Å². The second-order valence-corrected chi connectivity index (χ2v) is 4.62. The lowest BCUT2D eigenvalue weighted by molar-refractivity contribution is 0.118. The highest BCUT2D eigenvalue weighted by atomic mass is 19.1. The molecular weight excluding hydrogens is 233 g/mol. The maximum Gasteiger partial charge on any atom is 0.125 e. The third kappa shape index (κ3) is 2.31. The molecule has 18 heavy (non-hydrogen) atoms. The van der Waals surface area contributed by atoms with E-state index >= 15 is 0 Å². The number of nitrogens with two attached hydrogens (primary N) is 1. The molecule has 1 aliphatic rings. The number of ether oxygens (including phenoxy) is 1. The van der Waals surface area contributed by atoms with E-state index in [9.17, 15) is 4.39 Å². The number of nitrogens with zero attached hydrogens (tertiary/aromatic N) is 1. The molecule has 1 fully saturated rings. The van der Waals surface area contributed by atoms with Gasteiger partial charge < -0.3 is 15.4 Å². The first-order chi connectivity index (χ1) is 8.50. The van der Waals surface area contributed by atoms with Gasteiger partial charge >= 0.3 is 0 Å². The highest BCUT2D eigenvalue weighted by Crippen LogP contribution is 2.27. The Balaban J connectivity index is 2.35. The zero-order valence-corrected chi connectivity index (χ0v) is 10.6. The molecule has 0 amide bonds. The second kappa shape index (κ2) is 4.94. The Hall–Kier alpha value is -1.62. The topological polar surface area (TPSA) is 62.3 Å². The highest BCUT2D eigenvalue weighted by Gasteiger charge is 2.29. The summed E-state index contributed by atoms with van der Waals surface area (Å²) in [4.78, 5) is 2.02. The normalized spacial score (nSPS) is 23.1. The fourth-order valence-corrected chi connectivity index (χ4v) is 2.44. The Bertz CT molecular complexity index is 464. The smallest absolute Gasteiger partial charge is 0.125 e. The summed E-state index contributed by atoms with van der Waals surface area (Å²) in [6.07, 6.45) is 1.05. The maximum absolute atomic E-state index is 13.2. The molecule has 1 saturated heterocycles. The van der Waals surface area contributed by atoms with Crippen LogP contribution in [0, 0.1) is 11.2 Å². The van der Waals surface area contributed by atoms with Gasteiger partial charge in [0.1, 0.15) is 11.7 Å². The van der Waals surface area contributed by atoms with Crippen molar-refractivity contribution in [2.75, 3.05) is 18.6 Å². The van der Waals surface area contributed by atoms with E-state index in [2.05, 4.69) is 0 Å². The van der Waals surface area contributed by atoms with E-state index in [4.69, 9.17) is 15.9 Å². The number of amidine groups is 1. The van der Waals surface area contributed by atoms with Crippen LogP contribution in [0.25, 0.3) is 0 Å². The summed E-state index contributed by atoms with van der Waals surface area (Å²) in [5.74, 6) is -0.504. The van der Waals surface area contributed by atoms with Crippen molar-refractivity contribution in [2.24, 2.45) is 5.73 Å². The molecule has 2 unspecified atom stereocenters. The van der Waals surface area contributed by atoms with Crippen LogP contribution < -0.4 is 10.6 Å². The van der Waals surface area contributed by atoms with Crippen molar-refractivity contribution >= 4 is 11.5 Å². The number of halogens is 1. The molecule has 0 radical (unpaired) electrons. The summed E-state index contributed by atoms with van der Waals surface area (Å²) in [5.41, 5.74) is 6.71. The van der Waals surface area contributed by atoms with Crippen molar-refractivity contribution in [3.05, 3.63) is 29.6 Å². The Kier molecular flexibility index (Phi) is 3.52. The van der Waals surface area contributed by atoms with Gasteiger partial charge in [-0.3, -0.25) is 5.41 Å².